The maximum absolute atomic E-state index is 13.1. The van der Waals surface area contributed by atoms with Crippen LogP contribution in [0.25, 0.3) is 0 Å². The van der Waals surface area contributed by atoms with Crippen LogP contribution in [-0.2, 0) is 65.4 Å². The van der Waals surface area contributed by atoms with E-state index in [-0.39, 0.29) is 25.7 Å². The number of aliphatic hydroxyl groups excluding tert-OH is 1. The topological polar surface area (TPSA) is 237 Å². The monoisotopic (exact) mass is 1450 g/mol. The summed E-state index contributed by atoms with van der Waals surface area (Å²) in [5.74, 6) is -2.11. The third kappa shape index (κ3) is 74.1. The van der Waals surface area contributed by atoms with E-state index in [0.717, 1.165) is 103 Å². The Morgan fingerprint density at radius 2 is 0.404 bits per heavy atom. The normalized spacial score (nSPS) is 13.8. The Kier molecular flexibility index (Phi) is 72.9. The van der Waals surface area contributed by atoms with Gasteiger partial charge in [0.25, 0.3) is 0 Å². The molecule has 0 bridgehead atoms. The van der Waals surface area contributed by atoms with E-state index in [2.05, 4.69) is 27.7 Å². The highest BCUT2D eigenvalue weighted by atomic mass is 31.2. The first-order valence-corrected chi connectivity index (χ1v) is 44.8. The molecule has 0 saturated heterocycles. The van der Waals surface area contributed by atoms with Gasteiger partial charge in [-0.2, -0.15) is 0 Å². The second-order valence-corrected chi connectivity index (χ2v) is 31.7. The third-order valence-electron chi connectivity index (χ3n) is 18.9. The van der Waals surface area contributed by atoms with Gasteiger partial charge in [-0.1, -0.05) is 381 Å². The van der Waals surface area contributed by atoms with E-state index >= 15 is 0 Å². The van der Waals surface area contributed by atoms with Crippen molar-refractivity contribution in [2.75, 3.05) is 39.6 Å². The molecular formula is C80H156O17P2. The van der Waals surface area contributed by atoms with Crippen molar-refractivity contribution in [3.05, 3.63) is 0 Å². The molecule has 19 heteroatoms. The third-order valence-corrected chi connectivity index (χ3v) is 20.8. The van der Waals surface area contributed by atoms with Gasteiger partial charge in [0.1, 0.15) is 19.3 Å². The summed E-state index contributed by atoms with van der Waals surface area (Å²) in [4.78, 5) is 72.8. The highest BCUT2D eigenvalue weighted by Crippen LogP contribution is 2.45. The molecule has 5 atom stereocenters. The van der Waals surface area contributed by atoms with Crippen molar-refractivity contribution in [3.8, 4) is 0 Å². The van der Waals surface area contributed by atoms with Crippen LogP contribution >= 0.6 is 15.6 Å². The predicted octanol–water partition coefficient (Wildman–Crippen LogP) is 24.2. The van der Waals surface area contributed by atoms with Crippen LogP contribution in [0.5, 0.6) is 0 Å². The Morgan fingerprint density at radius 3 is 0.596 bits per heavy atom. The number of hydrogen-bond acceptors (Lipinski definition) is 15. The molecule has 0 saturated carbocycles. The van der Waals surface area contributed by atoms with Gasteiger partial charge in [0.15, 0.2) is 12.2 Å². The highest BCUT2D eigenvalue weighted by Gasteiger charge is 2.30. The summed E-state index contributed by atoms with van der Waals surface area (Å²) in [7, 11) is -9.91. The van der Waals surface area contributed by atoms with Crippen molar-refractivity contribution < 1.29 is 80.2 Å². The second kappa shape index (κ2) is 74.3. The van der Waals surface area contributed by atoms with Gasteiger partial charge < -0.3 is 33.8 Å². The maximum atomic E-state index is 13.1. The zero-order chi connectivity index (χ0) is 72.5. The summed E-state index contributed by atoms with van der Waals surface area (Å²) in [5.41, 5.74) is 0. The molecule has 0 aliphatic carbocycles. The van der Waals surface area contributed by atoms with E-state index in [9.17, 15) is 43.2 Å². The molecule has 0 aromatic carbocycles. The van der Waals surface area contributed by atoms with Crippen LogP contribution in [0.1, 0.15) is 432 Å². The molecule has 0 radical (unpaired) electrons. The fourth-order valence-electron chi connectivity index (χ4n) is 12.5. The van der Waals surface area contributed by atoms with Gasteiger partial charge >= 0.3 is 39.5 Å². The summed E-state index contributed by atoms with van der Waals surface area (Å²) in [6.07, 6.45) is 66.8. The number of ether oxygens (including phenoxy) is 4. The fraction of sp³-hybridized carbons (Fsp3) is 0.950. The first kappa shape index (κ1) is 97.1. The number of phosphoric ester groups is 2. The second-order valence-electron chi connectivity index (χ2n) is 28.8. The molecular weight excluding hydrogens is 1290 g/mol. The Balaban J connectivity index is 5.17. The average Bonchev–Trinajstić information content (AvgIpc) is 0.993. The van der Waals surface area contributed by atoms with Crippen molar-refractivity contribution in [1.29, 1.82) is 0 Å². The molecule has 0 spiro atoms. The molecule has 0 rings (SSSR count). The Hall–Kier alpha value is -1.94. The van der Waals surface area contributed by atoms with Crippen molar-refractivity contribution in [3.63, 3.8) is 0 Å². The van der Waals surface area contributed by atoms with Crippen LogP contribution in [0.2, 0.25) is 0 Å². The van der Waals surface area contributed by atoms with Crippen molar-refractivity contribution in [1.82, 2.24) is 0 Å². The number of rotatable bonds is 81. The molecule has 0 aliphatic heterocycles. The summed E-state index contributed by atoms with van der Waals surface area (Å²) >= 11 is 0. The molecule has 0 heterocycles. The number of esters is 4. The first-order chi connectivity index (χ1) is 48.2. The van der Waals surface area contributed by atoms with E-state index in [0.29, 0.717) is 25.7 Å². The minimum absolute atomic E-state index is 0.108. The van der Waals surface area contributed by atoms with Gasteiger partial charge in [0, 0.05) is 25.7 Å². The first-order valence-electron chi connectivity index (χ1n) is 41.8. The molecule has 0 aliphatic rings. The van der Waals surface area contributed by atoms with E-state index in [1.807, 2.05) is 0 Å². The molecule has 3 N–H and O–H groups in total. The van der Waals surface area contributed by atoms with E-state index in [1.165, 1.54) is 250 Å². The van der Waals surface area contributed by atoms with Crippen LogP contribution in [0, 0.1) is 0 Å². The zero-order valence-electron chi connectivity index (χ0n) is 64.5. The quantitative estimate of drug-likeness (QED) is 0.0222. The minimum atomic E-state index is -4.96. The van der Waals surface area contributed by atoms with Gasteiger partial charge in [-0.15, -0.1) is 0 Å². The van der Waals surface area contributed by atoms with Crippen LogP contribution in [0.3, 0.4) is 0 Å². The summed E-state index contributed by atoms with van der Waals surface area (Å²) < 4.78 is 68.6. The Bertz CT molecular complexity index is 1880. The predicted molar refractivity (Wildman–Crippen MR) is 405 cm³/mol. The molecule has 588 valence electrons. The van der Waals surface area contributed by atoms with Crippen molar-refractivity contribution in [2.24, 2.45) is 0 Å². The van der Waals surface area contributed by atoms with Crippen molar-refractivity contribution >= 4 is 39.5 Å². The maximum Gasteiger partial charge on any atom is 0.472 e. The number of hydrogen-bond donors (Lipinski definition) is 3. The van der Waals surface area contributed by atoms with Gasteiger partial charge in [-0.3, -0.25) is 37.3 Å². The summed E-state index contributed by atoms with van der Waals surface area (Å²) in [5, 5.41) is 10.6. The number of unbranched alkanes of at least 4 members (excludes halogenated alkanes) is 55. The molecule has 0 aromatic rings. The van der Waals surface area contributed by atoms with E-state index < -0.39 is 97.5 Å². The lowest BCUT2D eigenvalue weighted by molar-refractivity contribution is -0.161. The van der Waals surface area contributed by atoms with Gasteiger partial charge in [-0.05, 0) is 25.7 Å². The molecule has 99 heavy (non-hydrogen) atoms. The molecule has 0 aromatic heterocycles. The smallest absolute Gasteiger partial charge is 0.462 e. The fourth-order valence-corrected chi connectivity index (χ4v) is 14.0. The van der Waals surface area contributed by atoms with Crippen LogP contribution in [-0.4, -0.2) is 96.7 Å². The van der Waals surface area contributed by atoms with Crippen LogP contribution in [0.4, 0.5) is 0 Å². The standard InChI is InChI=1S/C80H156O17P2/c1-5-9-13-17-21-24-27-30-33-35-37-38-40-42-45-48-51-55-59-63-67-80(85)97-76(71-91-78(83)65-61-57-53-49-46-44-41-39-36-34-31-28-25-22-18-14-10-6-2)73-95-99(88,89)93-69-74(81)68-92-98(86,87)94-72-75(70-90-77(82)64-60-56-52-20-16-12-8-4)96-79(84)66-62-58-54-50-47-43-32-29-26-23-19-15-11-7-3/h74-76,81H,5-73H2,1-4H3,(H,86,87)(H,88,89)/t74-,75+,76+/m0/s1. The minimum Gasteiger partial charge on any atom is -0.462 e. The zero-order valence-corrected chi connectivity index (χ0v) is 66.3. The molecule has 2 unspecified atom stereocenters. The lowest BCUT2D eigenvalue weighted by atomic mass is 10.0. The average molecular weight is 1450 g/mol. The van der Waals surface area contributed by atoms with Gasteiger partial charge in [-0.25, -0.2) is 9.13 Å². The lowest BCUT2D eigenvalue weighted by Crippen LogP contribution is -2.30. The van der Waals surface area contributed by atoms with Gasteiger partial charge in [0.05, 0.1) is 26.4 Å². The van der Waals surface area contributed by atoms with E-state index in [4.69, 9.17) is 37.0 Å². The summed E-state index contributed by atoms with van der Waals surface area (Å²) in [6, 6.07) is 0. The number of carbonyl (C=O) groups is 4. The lowest BCUT2D eigenvalue weighted by Gasteiger charge is -2.21. The van der Waals surface area contributed by atoms with Crippen LogP contribution in [0.15, 0.2) is 0 Å². The molecule has 0 fully saturated rings. The van der Waals surface area contributed by atoms with Gasteiger partial charge in [0.2, 0.25) is 0 Å². The largest absolute Gasteiger partial charge is 0.472 e. The Morgan fingerprint density at radius 1 is 0.242 bits per heavy atom. The number of carbonyl (C=O) groups excluding carboxylic acids is 4. The summed E-state index contributed by atoms with van der Waals surface area (Å²) in [6.45, 7) is 4.98. The Labute approximate surface area is 607 Å². The number of phosphoric acid groups is 2. The van der Waals surface area contributed by atoms with Crippen molar-refractivity contribution in [2.45, 2.75) is 451 Å². The SMILES string of the molecule is CCCCCCCCCCCCCCCCCCCCCCC(=O)O[C@H](COC(=O)CCCCCCCCCCCCCCCCCCCC)COP(=O)(O)OC[C@@H](O)COP(=O)(O)OC[C@@H](COC(=O)CCCCCCCCC)OC(=O)CCCCCCCCCCCCCCCC. The number of aliphatic hydroxyl groups is 1. The van der Waals surface area contributed by atoms with E-state index in [1.54, 1.807) is 0 Å². The van der Waals surface area contributed by atoms with Crippen LogP contribution < -0.4 is 0 Å². The molecule has 0 amide bonds. The highest BCUT2D eigenvalue weighted by molar-refractivity contribution is 7.47. The molecule has 17 nitrogen and oxygen atoms in total.